The lowest BCUT2D eigenvalue weighted by atomic mass is 10.1. The molecule has 2 aromatic carbocycles. The molecule has 0 saturated carbocycles. The molecule has 100 valence electrons. The number of benzene rings is 2. The molecule has 0 aliphatic heterocycles. The van der Waals surface area contributed by atoms with Gasteiger partial charge in [0.25, 0.3) is 0 Å². The molecule has 0 unspecified atom stereocenters. The van der Waals surface area contributed by atoms with Crippen LogP contribution < -0.4 is 4.90 Å². The lowest BCUT2D eigenvalue weighted by molar-refractivity contribution is 0.745. The average Bonchev–Trinajstić information content (AvgIpc) is 2.48. The van der Waals surface area contributed by atoms with Crippen LogP contribution in [0.3, 0.4) is 0 Å². The van der Waals surface area contributed by atoms with Gasteiger partial charge in [-0.2, -0.15) is 0 Å². The van der Waals surface area contributed by atoms with Crippen LogP contribution in [0, 0.1) is 0 Å². The fourth-order valence-electron chi connectivity index (χ4n) is 2.41. The van der Waals surface area contributed by atoms with Gasteiger partial charge in [-0.1, -0.05) is 56.3 Å². The number of anilines is 1. The summed E-state index contributed by atoms with van der Waals surface area (Å²) >= 11 is 0. The lowest BCUT2D eigenvalue weighted by Gasteiger charge is -2.24. The molecule has 0 amide bonds. The molecule has 0 saturated heterocycles. The molecule has 0 aromatic heterocycles. The molecule has 0 fully saturated rings. The van der Waals surface area contributed by atoms with Crippen molar-refractivity contribution in [1.29, 1.82) is 0 Å². The van der Waals surface area contributed by atoms with Gasteiger partial charge in [0.15, 0.2) is 0 Å². The maximum Gasteiger partial charge on any atom is 0.0366 e. The first-order valence-electron chi connectivity index (χ1n) is 7.25. The van der Waals surface area contributed by atoms with Crippen molar-refractivity contribution in [2.75, 3.05) is 18.0 Å². The minimum absolute atomic E-state index is 1.14. The van der Waals surface area contributed by atoms with E-state index in [1.165, 1.54) is 29.7 Å². The van der Waals surface area contributed by atoms with Crippen LogP contribution in [0.25, 0.3) is 11.1 Å². The van der Waals surface area contributed by atoms with Crippen molar-refractivity contribution < 1.29 is 0 Å². The third-order valence-corrected chi connectivity index (χ3v) is 3.33. The van der Waals surface area contributed by atoms with Gasteiger partial charge in [-0.05, 0) is 36.1 Å². The summed E-state index contributed by atoms with van der Waals surface area (Å²) in [7, 11) is 0. The standard InChI is InChI=1S/C18H23N/c1-3-14-19(15-4-2)18-12-10-17(11-13-18)16-8-6-5-7-9-16/h5-13H,3-4,14-15H2,1-2H3. The van der Waals surface area contributed by atoms with E-state index in [1.54, 1.807) is 0 Å². The van der Waals surface area contributed by atoms with Gasteiger partial charge in [-0.15, -0.1) is 0 Å². The van der Waals surface area contributed by atoms with Crippen LogP contribution in [0.2, 0.25) is 0 Å². The Morgan fingerprint density at radius 2 is 1.21 bits per heavy atom. The predicted molar refractivity (Wildman–Crippen MR) is 84.7 cm³/mol. The molecule has 0 aliphatic carbocycles. The van der Waals surface area contributed by atoms with E-state index in [0.29, 0.717) is 0 Å². The van der Waals surface area contributed by atoms with Crippen LogP contribution in [-0.2, 0) is 0 Å². The second-order valence-electron chi connectivity index (χ2n) is 4.90. The van der Waals surface area contributed by atoms with Gasteiger partial charge in [0, 0.05) is 18.8 Å². The first-order valence-corrected chi connectivity index (χ1v) is 7.25. The van der Waals surface area contributed by atoms with E-state index < -0.39 is 0 Å². The molecule has 0 aliphatic rings. The third-order valence-electron chi connectivity index (χ3n) is 3.33. The molecule has 0 radical (unpaired) electrons. The smallest absolute Gasteiger partial charge is 0.0366 e. The van der Waals surface area contributed by atoms with Gasteiger partial charge < -0.3 is 4.90 Å². The fourth-order valence-corrected chi connectivity index (χ4v) is 2.41. The highest BCUT2D eigenvalue weighted by Crippen LogP contribution is 2.23. The first-order chi connectivity index (χ1) is 9.35. The van der Waals surface area contributed by atoms with Gasteiger partial charge >= 0.3 is 0 Å². The van der Waals surface area contributed by atoms with Crippen LogP contribution in [0.1, 0.15) is 26.7 Å². The second-order valence-corrected chi connectivity index (χ2v) is 4.90. The third kappa shape index (κ3) is 3.60. The first kappa shape index (κ1) is 13.7. The molecule has 0 spiro atoms. The van der Waals surface area contributed by atoms with Crippen molar-refractivity contribution >= 4 is 5.69 Å². The molecular formula is C18H23N. The van der Waals surface area contributed by atoms with Gasteiger partial charge in [0.1, 0.15) is 0 Å². The predicted octanol–water partition coefficient (Wildman–Crippen LogP) is 4.98. The fraction of sp³-hybridized carbons (Fsp3) is 0.333. The number of hydrogen-bond acceptors (Lipinski definition) is 1. The Bertz CT molecular complexity index is 467. The molecule has 0 N–H and O–H groups in total. The van der Waals surface area contributed by atoms with Crippen LogP contribution in [0.4, 0.5) is 5.69 Å². The zero-order chi connectivity index (χ0) is 13.5. The lowest BCUT2D eigenvalue weighted by Crippen LogP contribution is -2.24. The zero-order valence-corrected chi connectivity index (χ0v) is 12.0. The highest BCUT2D eigenvalue weighted by atomic mass is 15.1. The molecule has 0 heterocycles. The largest absolute Gasteiger partial charge is 0.372 e. The van der Waals surface area contributed by atoms with Gasteiger partial charge in [-0.3, -0.25) is 0 Å². The molecule has 19 heavy (non-hydrogen) atoms. The Morgan fingerprint density at radius 3 is 1.74 bits per heavy atom. The Labute approximate surface area is 116 Å². The van der Waals surface area contributed by atoms with Crippen LogP contribution >= 0.6 is 0 Å². The monoisotopic (exact) mass is 253 g/mol. The Kier molecular flexibility index (Phi) is 5.02. The molecule has 1 heteroatoms. The summed E-state index contributed by atoms with van der Waals surface area (Å²) in [6.45, 7) is 6.75. The van der Waals surface area contributed by atoms with Crippen molar-refractivity contribution in [2.45, 2.75) is 26.7 Å². The second kappa shape index (κ2) is 6.98. The summed E-state index contributed by atoms with van der Waals surface area (Å²) in [5, 5.41) is 0. The Hall–Kier alpha value is -1.76. The van der Waals surface area contributed by atoms with E-state index in [4.69, 9.17) is 0 Å². The van der Waals surface area contributed by atoms with Gasteiger partial charge in [-0.25, -0.2) is 0 Å². The summed E-state index contributed by atoms with van der Waals surface area (Å²) in [5.41, 5.74) is 3.91. The van der Waals surface area contributed by atoms with E-state index in [0.717, 1.165) is 13.1 Å². The normalized spacial score (nSPS) is 10.4. The molecule has 1 nitrogen and oxygen atoms in total. The minimum Gasteiger partial charge on any atom is -0.372 e. The van der Waals surface area contributed by atoms with Crippen LogP contribution in [0.5, 0.6) is 0 Å². The van der Waals surface area contributed by atoms with Crippen molar-refractivity contribution in [2.24, 2.45) is 0 Å². The van der Waals surface area contributed by atoms with E-state index in [-0.39, 0.29) is 0 Å². The Balaban J connectivity index is 2.17. The van der Waals surface area contributed by atoms with E-state index in [9.17, 15) is 0 Å². The van der Waals surface area contributed by atoms with Crippen molar-refractivity contribution in [3.63, 3.8) is 0 Å². The van der Waals surface area contributed by atoms with Crippen molar-refractivity contribution in [3.05, 3.63) is 54.6 Å². The van der Waals surface area contributed by atoms with Crippen molar-refractivity contribution in [1.82, 2.24) is 0 Å². The zero-order valence-electron chi connectivity index (χ0n) is 12.0. The molecule has 0 bridgehead atoms. The maximum absolute atomic E-state index is 2.47. The van der Waals surface area contributed by atoms with Crippen molar-refractivity contribution in [3.8, 4) is 11.1 Å². The summed E-state index contributed by atoms with van der Waals surface area (Å²) in [5.74, 6) is 0. The van der Waals surface area contributed by atoms with E-state index in [1.807, 2.05) is 0 Å². The molecule has 0 atom stereocenters. The van der Waals surface area contributed by atoms with Crippen LogP contribution in [0.15, 0.2) is 54.6 Å². The summed E-state index contributed by atoms with van der Waals surface area (Å²) in [4.78, 5) is 2.47. The number of nitrogens with zero attached hydrogens (tertiary/aromatic N) is 1. The van der Waals surface area contributed by atoms with Crippen LogP contribution in [-0.4, -0.2) is 13.1 Å². The van der Waals surface area contributed by atoms with E-state index in [2.05, 4.69) is 73.3 Å². The quantitative estimate of drug-likeness (QED) is 0.701. The highest BCUT2D eigenvalue weighted by Gasteiger charge is 2.04. The Morgan fingerprint density at radius 1 is 0.684 bits per heavy atom. The molecule has 2 aromatic rings. The average molecular weight is 253 g/mol. The van der Waals surface area contributed by atoms with Gasteiger partial charge in [0.2, 0.25) is 0 Å². The molecular weight excluding hydrogens is 230 g/mol. The highest BCUT2D eigenvalue weighted by molar-refractivity contribution is 5.66. The summed E-state index contributed by atoms with van der Waals surface area (Å²) in [6, 6.07) is 19.5. The topological polar surface area (TPSA) is 3.24 Å². The SMILES string of the molecule is CCCN(CCC)c1ccc(-c2ccccc2)cc1. The minimum atomic E-state index is 1.14. The van der Waals surface area contributed by atoms with Gasteiger partial charge in [0.05, 0.1) is 0 Å². The maximum atomic E-state index is 2.47. The van der Waals surface area contributed by atoms with E-state index >= 15 is 0 Å². The summed E-state index contributed by atoms with van der Waals surface area (Å²) in [6.07, 6.45) is 2.39. The molecule has 2 rings (SSSR count). The number of hydrogen-bond donors (Lipinski definition) is 0. The summed E-state index contributed by atoms with van der Waals surface area (Å²) < 4.78 is 0. The number of rotatable bonds is 6.